The van der Waals surface area contributed by atoms with Gasteiger partial charge in [-0.25, -0.2) is 17.5 Å². The lowest BCUT2D eigenvalue weighted by molar-refractivity contribution is 0.0779. The van der Waals surface area contributed by atoms with E-state index in [1.165, 1.54) is 4.31 Å². The molecule has 35 heavy (non-hydrogen) atoms. The Balaban J connectivity index is 1.38. The summed E-state index contributed by atoms with van der Waals surface area (Å²) in [7, 11) is -3.71. The molecule has 0 saturated carbocycles. The average molecular weight is 502 g/mol. The van der Waals surface area contributed by atoms with E-state index in [4.69, 9.17) is 4.74 Å². The first-order valence-electron chi connectivity index (χ1n) is 11.9. The number of likely N-dealkylation sites (tertiary alicyclic amines) is 1. The van der Waals surface area contributed by atoms with Gasteiger partial charge >= 0.3 is 6.09 Å². The number of ether oxygens (including phenoxy) is 1. The van der Waals surface area contributed by atoms with Gasteiger partial charge in [0.15, 0.2) is 0 Å². The summed E-state index contributed by atoms with van der Waals surface area (Å²) in [6.45, 7) is 2.04. The maximum atomic E-state index is 13.1. The van der Waals surface area contributed by atoms with Crippen LogP contribution < -0.4 is 10.1 Å². The Morgan fingerprint density at radius 1 is 0.971 bits per heavy atom. The third-order valence-electron chi connectivity index (χ3n) is 6.48. The maximum Gasteiger partial charge on any atom is 0.405 e. The van der Waals surface area contributed by atoms with Crippen LogP contribution in [0.4, 0.5) is 4.79 Å². The number of piperidine rings is 1. The first-order valence-corrected chi connectivity index (χ1v) is 13.5. The zero-order valence-electron chi connectivity index (χ0n) is 19.5. The van der Waals surface area contributed by atoms with Crippen LogP contribution in [0.1, 0.15) is 47.6 Å². The molecule has 2 fully saturated rings. The van der Waals surface area contributed by atoms with Crippen LogP contribution in [0.15, 0.2) is 54.6 Å². The fraction of sp³-hybridized carbons (Fsp3) is 0.440. The van der Waals surface area contributed by atoms with E-state index < -0.39 is 22.2 Å². The molecule has 9 nitrogen and oxygen atoms in total. The molecule has 2 aromatic carbocycles. The zero-order chi connectivity index (χ0) is 24.8. The summed E-state index contributed by atoms with van der Waals surface area (Å²) in [5, 5.41) is 11.5. The largest absolute Gasteiger partial charge is 0.489 e. The van der Waals surface area contributed by atoms with Crippen molar-refractivity contribution >= 4 is 22.0 Å². The molecule has 0 bridgehead atoms. The molecule has 188 valence electrons. The van der Waals surface area contributed by atoms with Crippen LogP contribution in [-0.4, -0.2) is 72.8 Å². The molecule has 0 spiro atoms. The average Bonchev–Trinajstić information content (AvgIpc) is 3.39. The molecule has 1 unspecified atom stereocenters. The Morgan fingerprint density at radius 2 is 1.60 bits per heavy atom. The monoisotopic (exact) mass is 501 g/mol. The van der Waals surface area contributed by atoms with E-state index >= 15 is 0 Å². The SMILES string of the molecule is O=C(O)NC(CS(=O)(=O)N1CCC(Oc2ccccc2C(=O)N2CCCC2)CC1)c1ccccc1. The van der Waals surface area contributed by atoms with Crippen molar-refractivity contribution in [3.05, 3.63) is 65.7 Å². The number of nitrogens with zero attached hydrogens (tertiary/aromatic N) is 2. The highest BCUT2D eigenvalue weighted by atomic mass is 32.2. The normalized spacial score (nSPS) is 18.2. The lowest BCUT2D eigenvalue weighted by Crippen LogP contribution is -2.45. The predicted molar refractivity (Wildman–Crippen MR) is 131 cm³/mol. The molecule has 2 aliphatic heterocycles. The Kier molecular flexibility index (Phi) is 7.92. The van der Waals surface area contributed by atoms with E-state index in [2.05, 4.69) is 5.32 Å². The highest BCUT2D eigenvalue weighted by molar-refractivity contribution is 7.89. The number of rotatable bonds is 8. The maximum absolute atomic E-state index is 13.1. The smallest absolute Gasteiger partial charge is 0.405 e. The molecule has 0 aromatic heterocycles. The van der Waals surface area contributed by atoms with Gasteiger partial charge in [0.05, 0.1) is 17.4 Å². The lowest BCUT2D eigenvalue weighted by Gasteiger charge is -2.33. The second-order valence-corrected chi connectivity index (χ2v) is 10.9. The van der Waals surface area contributed by atoms with Gasteiger partial charge in [0.25, 0.3) is 5.91 Å². The van der Waals surface area contributed by atoms with Crippen molar-refractivity contribution in [2.75, 3.05) is 31.9 Å². The standard InChI is InChI=1S/C25H31N3O6S/c29-24(27-14-6-7-15-27)21-10-4-5-11-23(21)34-20-12-16-28(17-13-20)35(32,33)18-22(26-25(30)31)19-8-2-1-3-9-19/h1-5,8-11,20,22,26H,6-7,12-18H2,(H,30,31). The number of carbonyl (C=O) groups is 2. The van der Waals surface area contributed by atoms with Gasteiger partial charge in [0, 0.05) is 26.2 Å². The molecule has 0 aliphatic carbocycles. The molecular weight excluding hydrogens is 470 g/mol. The van der Waals surface area contributed by atoms with Crippen LogP contribution >= 0.6 is 0 Å². The minimum absolute atomic E-state index is 0.0315. The van der Waals surface area contributed by atoms with Crippen molar-refractivity contribution in [3.8, 4) is 5.75 Å². The van der Waals surface area contributed by atoms with Crippen LogP contribution in [0.3, 0.4) is 0 Å². The van der Waals surface area contributed by atoms with Gasteiger partial charge in [0.2, 0.25) is 10.0 Å². The van der Waals surface area contributed by atoms with Crippen LogP contribution in [-0.2, 0) is 10.0 Å². The van der Waals surface area contributed by atoms with E-state index in [-0.39, 0.29) is 30.9 Å². The molecule has 4 rings (SSSR count). The summed E-state index contributed by atoms with van der Waals surface area (Å²) in [5.74, 6) is 0.138. The molecular formula is C25H31N3O6S. The number of para-hydroxylation sites is 1. The van der Waals surface area contributed by atoms with Crippen molar-refractivity contribution in [2.24, 2.45) is 0 Å². The number of benzene rings is 2. The number of nitrogens with one attached hydrogen (secondary N) is 1. The summed E-state index contributed by atoms with van der Waals surface area (Å²) in [5.41, 5.74) is 1.13. The summed E-state index contributed by atoms with van der Waals surface area (Å²) >= 11 is 0. The molecule has 2 N–H and O–H groups in total. The number of hydrogen-bond donors (Lipinski definition) is 2. The Hall–Kier alpha value is -3.11. The van der Waals surface area contributed by atoms with Crippen LogP contribution in [0, 0.1) is 0 Å². The topological polar surface area (TPSA) is 116 Å². The van der Waals surface area contributed by atoms with Crippen LogP contribution in [0.25, 0.3) is 0 Å². The first kappa shape index (κ1) is 25.0. The molecule has 2 amide bonds. The van der Waals surface area contributed by atoms with E-state index in [1.807, 2.05) is 17.0 Å². The van der Waals surface area contributed by atoms with Crippen molar-refractivity contribution in [1.82, 2.24) is 14.5 Å². The van der Waals surface area contributed by atoms with Gasteiger partial charge < -0.3 is 20.1 Å². The van der Waals surface area contributed by atoms with Crippen LogP contribution in [0.2, 0.25) is 0 Å². The van der Waals surface area contributed by atoms with Gasteiger partial charge in [-0.15, -0.1) is 0 Å². The van der Waals surface area contributed by atoms with Gasteiger partial charge in [-0.3, -0.25) is 4.79 Å². The first-order chi connectivity index (χ1) is 16.8. The minimum Gasteiger partial charge on any atom is -0.489 e. The third-order valence-corrected chi connectivity index (χ3v) is 8.38. The molecule has 2 aliphatic rings. The van der Waals surface area contributed by atoms with E-state index in [9.17, 15) is 23.1 Å². The number of hydrogen-bond acceptors (Lipinski definition) is 5. The summed E-state index contributed by atoms with van der Waals surface area (Å²) in [6.07, 6.45) is 1.49. The fourth-order valence-electron chi connectivity index (χ4n) is 4.62. The Bertz CT molecular complexity index is 1130. The van der Waals surface area contributed by atoms with Gasteiger partial charge in [-0.2, -0.15) is 0 Å². The minimum atomic E-state index is -3.71. The Labute approximate surface area is 205 Å². The van der Waals surface area contributed by atoms with Crippen molar-refractivity contribution in [1.29, 1.82) is 0 Å². The number of carboxylic acid groups (broad SMARTS) is 1. The molecule has 2 aromatic rings. The predicted octanol–water partition coefficient (Wildman–Crippen LogP) is 3.10. The second kappa shape index (κ2) is 11.1. The lowest BCUT2D eigenvalue weighted by atomic mass is 10.1. The van der Waals surface area contributed by atoms with Gasteiger partial charge in [0.1, 0.15) is 11.9 Å². The quantitative estimate of drug-likeness (QED) is 0.574. The van der Waals surface area contributed by atoms with E-state index in [1.54, 1.807) is 42.5 Å². The number of sulfonamides is 1. The third kappa shape index (κ3) is 6.32. The number of carbonyl (C=O) groups excluding carboxylic acids is 1. The molecule has 2 saturated heterocycles. The fourth-order valence-corrected chi connectivity index (χ4v) is 6.29. The summed E-state index contributed by atoms with van der Waals surface area (Å²) < 4.78 is 33.8. The van der Waals surface area contributed by atoms with Crippen molar-refractivity contribution < 1.29 is 27.9 Å². The van der Waals surface area contributed by atoms with Crippen molar-refractivity contribution in [3.63, 3.8) is 0 Å². The Morgan fingerprint density at radius 3 is 2.26 bits per heavy atom. The molecule has 2 heterocycles. The zero-order valence-corrected chi connectivity index (χ0v) is 20.3. The summed E-state index contributed by atoms with van der Waals surface area (Å²) in [6, 6.07) is 15.0. The number of amides is 2. The van der Waals surface area contributed by atoms with E-state index in [0.29, 0.717) is 29.7 Å². The molecule has 1 atom stereocenters. The molecule has 0 radical (unpaired) electrons. The summed E-state index contributed by atoms with van der Waals surface area (Å²) in [4.78, 5) is 26.0. The van der Waals surface area contributed by atoms with E-state index in [0.717, 1.165) is 25.9 Å². The highest BCUT2D eigenvalue weighted by Crippen LogP contribution is 2.27. The highest BCUT2D eigenvalue weighted by Gasteiger charge is 2.32. The van der Waals surface area contributed by atoms with Gasteiger partial charge in [-0.1, -0.05) is 42.5 Å². The van der Waals surface area contributed by atoms with Crippen LogP contribution in [0.5, 0.6) is 5.75 Å². The molecule has 10 heteroatoms. The van der Waals surface area contributed by atoms with Crippen molar-refractivity contribution in [2.45, 2.75) is 37.8 Å². The second-order valence-electron chi connectivity index (χ2n) is 8.90. The van der Waals surface area contributed by atoms with Gasteiger partial charge in [-0.05, 0) is 43.4 Å².